The Labute approximate surface area is 217 Å². The van der Waals surface area contributed by atoms with Gasteiger partial charge in [0.1, 0.15) is 17.5 Å². The van der Waals surface area contributed by atoms with Crippen molar-refractivity contribution in [1.29, 1.82) is 0 Å². The number of rotatable bonds is 8. The van der Waals surface area contributed by atoms with Crippen LogP contribution in [0, 0.1) is 6.92 Å². The minimum atomic E-state index is -0.914. The summed E-state index contributed by atoms with van der Waals surface area (Å²) in [6.07, 6.45) is 3.02. The predicted octanol–water partition coefficient (Wildman–Crippen LogP) is 3.07. The molecule has 4 rings (SSSR count). The van der Waals surface area contributed by atoms with Gasteiger partial charge in [0.2, 0.25) is 0 Å². The van der Waals surface area contributed by atoms with E-state index in [0.29, 0.717) is 18.7 Å². The second-order valence-electron chi connectivity index (χ2n) is 11.0. The highest BCUT2D eigenvalue weighted by Gasteiger charge is 2.29. The molecule has 3 heterocycles. The summed E-state index contributed by atoms with van der Waals surface area (Å²) in [5.41, 5.74) is 3.58. The standard InChI is InChI=1S/C28H38N4O5/c1-17-12-20(15-31(6)26(17)34)25-30-22-10-9-19(13-23(22)32(25)16-21-8-7-11-36-21)14-29-24(18(2)33)27(35)37-28(3,4)5/h9-10,12-13,15,18,21,24,29,33H,7-8,11,14,16H2,1-6H3/t18-,21+,24+/m1/s1. The Hall–Kier alpha value is -3.01. The summed E-state index contributed by atoms with van der Waals surface area (Å²) in [5.74, 6) is 0.296. The fraction of sp³-hybridized carbons (Fsp3) is 0.536. The third-order valence-corrected chi connectivity index (χ3v) is 6.51. The second kappa shape index (κ2) is 10.8. The van der Waals surface area contributed by atoms with Gasteiger partial charge in [0, 0.05) is 37.5 Å². The molecule has 0 unspecified atom stereocenters. The van der Waals surface area contributed by atoms with E-state index in [1.807, 2.05) is 31.3 Å². The number of nitrogens with zero attached hydrogens (tertiary/aromatic N) is 3. The van der Waals surface area contributed by atoms with Gasteiger partial charge in [0.05, 0.1) is 29.8 Å². The van der Waals surface area contributed by atoms with Crippen molar-refractivity contribution in [2.45, 2.75) is 84.4 Å². The normalized spacial score (nSPS) is 17.8. The van der Waals surface area contributed by atoms with Gasteiger partial charge in [-0.25, -0.2) is 4.98 Å². The molecule has 1 aliphatic rings. The molecule has 9 nitrogen and oxygen atoms in total. The average Bonchev–Trinajstić information content (AvgIpc) is 3.44. The van der Waals surface area contributed by atoms with E-state index >= 15 is 0 Å². The molecule has 1 aromatic carbocycles. The first-order valence-electron chi connectivity index (χ1n) is 12.9. The van der Waals surface area contributed by atoms with Gasteiger partial charge in [-0.2, -0.15) is 0 Å². The fourth-order valence-electron chi connectivity index (χ4n) is 4.72. The van der Waals surface area contributed by atoms with E-state index in [1.165, 1.54) is 0 Å². The van der Waals surface area contributed by atoms with Gasteiger partial charge in [-0.15, -0.1) is 0 Å². The molecule has 2 N–H and O–H groups in total. The van der Waals surface area contributed by atoms with Gasteiger partial charge in [0.25, 0.3) is 5.56 Å². The van der Waals surface area contributed by atoms with Crippen molar-refractivity contribution in [3.8, 4) is 11.4 Å². The maximum atomic E-state index is 12.6. The number of aryl methyl sites for hydroxylation is 2. The second-order valence-corrected chi connectivity index (χ2v) is 11.0. The highest BCUT2D eigenvalue weighted by atomic mass is 16.6. The lowest BCUT2D eigenvalue weighted by Gasteiger charge is -2.26. The number of fused-ring (bicyclic) bond motifs is 1. The lowest BCUT2D eigenvalue weighted by atomic mass is 10.1. The zero-order chi connectivity index (χ0) is 26.9. The Morgan fingerprint density at radius 2 is 2.08 bits per heavy atom. The van der Waals surface area contributed by atoms with Gasteiger partial charge < -0.3 is 23.7 Å². The zero-order valence-corrected chi connectivity index (χ0v) is 22.6. The third kappa shape index (κ3) is 6.29. The largest absolute Gasteiger partial charge is 0.459 e. The molecule has 9 heteroatoms. The maximum absolute atomic E-state index is 12.6. The molecular formula is C28H38N4O5. The molecule has 1 saturated heterocycles. The van der Waals surface area contributed by atoms with Gasteiger partial charge in [0.15, 0.2) is 0 Å². The lowest BCUT2D eigenvalue weighted by molar-refractivity contribution is -0.160. The van der Waals surface area contributed by atoms with E-state index in [0.717, 1.165) is 47.4 Å². The number of hydrogen-bond donors (Lipinski definition) is 2. The number of benzene rings is 1. The number of carbonyl (C=O) groups is 1. The molecule has 0 bridgehead atoms. The summed E-state index contributed by atoms with van der Waals surface area (Å²) in [7, 11) is 1.75. The first kappa shape index (κ1) is 27.0. The molecule has 2 aromatic heterocycles. The summed E-state index contributed by atoms with van der Waals surface area (Å²) in [5, 5.41) is 13.4. The van der Waals surface area contributed by atoms with Crippen molar-refractivity contribution in [1.82, 2.24) is 19.4 Å². The summed E-state index contributed by atoms with van der Waals surface area (Å²) >= 11 is 0. The topological polar surface area (TPSA) is 108 Å². The molecule has 37 heavy (non-hydrogen) atoms. The average molecular weight is 511 g/mol. The van der Waals surface area contributed by atoms with Crippen LogP contribution in [0.2, 0.25) is 0 Å². The minimum absolute atomic E-state index is 0.0310. The van der Waals surface area contributed by atoms with Crippen molar-refractivity contribution in [3.63, 3.8) is 0 Å². The molecule has 0 aliphatic carbocycles. The number of ether oxygens (including phenoxy) is 2. The van der Waals surface area contributed by atoms with Crippen molar-refractivity contribution in [2.75, 3.05) is 6.61 Å². The molecule has 1 aliphatic heterocycles. The van der Waals surface area contributed by atoms with E-state index in [4.69, 9.17) is 14.5 Å². The number of pyridine rings is 1. The number of imidazole rings is 1. The molecule has 1 fully saturated rings. The molecule has 0 spiro atoms. The van der Waals surface area contributed by atoms with Crippen molar-refractivity contribution in [2.24, 2.45) is 7.05 Å². The Bertz CT molecular complexity index is 1300. The van der Waals surface area contributed by atoms with Gasteiger partial charge in [-0.05, 0) is 71.2 Å². The summed E-state index contributed by atoms with van der Waals surface area (Å²) in [6, 6.07) is 7.00. The maximum Gasteiger partial charge on any atom is 0.326 e. The number of carbonyl (C=O) groups excluding carboxylic acids is 1. The Morgan fingerprint density at radius 1 is 1.32 bits per heavy atom. The van der Waals surface area contributed by atoms with Crippen LogP contribution in [0.3, 0.4) is 0 Å². The van der Waals surface area contributed by atoms with Crippen LogP contribution in [-0.4, -0.2) is 55.7 Å². The molecule has 0 amide bonds. The Morgan fingerprint density at radius 3 is 2.70 bits per heavy atom. The number of esters is 1. The van der Waals surface area contributed by atoms with Crippen molar-refractivity contribution < 1.29 is 19.4 Å². The number of aliphatic hydroxyl groups excluding tert-OH is 1. The van der Waals surface area contributed by atoms with Gasteiger partial charge in [-0.3, -0.25) is 14.9 Å². The van der Waals surface area contributed by atoms with E-state index in [9.17, 15) is 14.7 Å². The van der Waals surface area contributed by atoms with E-state index in [2.05, 4.69) is 16.0 Å². The van der Waals surface area contributed by atoms with Crippen LogP contribution in [0.1, 0.15) is 51.7 Å². The number of aliphatic hydroxyl groups is 1. The molecule has 3 atom stereocenters. The number of nitrogens with one attached hydrogen (secondary N) is 1. The highest BCUT2D eigenvalue weighted by Crippen LogP contribution is 2.28. The Kier molecular flexibility index (Phi) is 7.87. The Balaban J connectivity index is 1.68. The van der Waals surface area contributed by atoms with Gasteiger partial charge in [-0.1, -0.05) is 6.07 Å². The van der Waals surface area contributed by atoms with Crippen LogP contribution in [0.25, 0.3) is 22.4 Å². The monoisotopic (exact) mass is 510 g/mol. The van der Waals surface area contributed by atoms with Crippen molar-refractivity contribution >= 4 is 17.0 Å². The van der Waals surface area contributed by atoms with E-state index in [1.54, 1.807) is 39.3 Å². The summed E-state index contributed by atoms with van der Waals surface area (Å²) in [4.78, 5) is 29.8. The fourth-order valence-corrected chi connectivity index (χ4v) is 4.72. The first-order valence-corrected chi connectivity index (χ1v) is 12.9. The van der Waals surface area contributed by atoms with E-state index < -0.39 is 23.7 Å². The third-order valence-electron chi connectivity index (χ3n) is 6.51. The lowest BCUT2D eigenvalue weighted by Crippen LogP contribution is -2.47. The number of aromatic nitrogens is 3. The van der Waals surface area contributed by atoms with Gasteiger partial charge >= 0.3 is 5.97 Å². The molecule has 0 saturated carbocycles. The minimum Gasteiger partial charge on any atom is -0.459 e. The van der Waals surface area contributed by atoms with Crippen LogP contribution < -0.4 is 10.9 Å². The first-order chi connectivity index (χ1) is 17.4. The van der Waals surface area contributed by atoms with Crippen LogP contribution in [-0.2, 0) is 34.4 Å². The summed E-state index contributed by atoms with van der Waals surface area (Å²) in [6.45, 7) is 10.6. The summed E-state index contributed by atoms with van der Waals surface area (Å²) < 4.78 is 15.2. The predicted molar refractivity (Wildman–Crippen MR) is 142 cm³/mol. The molecule has 200 valence electrons. The number of hydrogen-bond acceptors (Lipinski definition) is 7. The molecular weight excluding hydrogens is 472 g/mol. The molecule has 0 radical (unpaired) electrons. The van der Waals surface area contributed by atoms with Crippen LogP contribution >= 0.6 is 0 Å². The van der Waals surface area contributed by atoms with Crippen LogP contribution in [0.5, 0.6) is 0 Å². The smallest absolute Gasteiger partial charge is 0.326 e. The molecule has 3 aromatic rings. The van der Waals surface area contributed by atoms with Crippen molar-refractivity contribution in [3.05, 3.63) is 51.9 Å². The SMILES string of the molecule is Cc1cc(-c2nc3ccc(CN[C@H](C(=O)OC(C)(C)C)[C@@H](C)O)cc3n2C[C@@H]2CCCO2)cn(C)c1=O. The highest BCUT2D eigenvalue weighted by molar-refractivity contribution is 5.81. The zero-order valence-electron chi connectivity index (χ0n) is 22.6. The van der Waals surface area contributed by atoms with Crippen LogP contribution in [0.4, 0.5) is 0 Å². The quantitative estimate of drug-likeness (QED) is 0.449. The van der Waals surface area contributed by atoms with E-state index in [-0.39, 0.29) is 11.7 Å². The van der Waals surface area contributed by atoms with Crippen LogP contribution in [0.15, 0.2) is 35.3 Å².